The van der Waals surface area contributed by atoms with Gasteiger partial charge in [-0.3, -0.25) is 9.48 Å². The lowest BCUT2D eigenvalue weighted by Gasteiger charge is -2.06. The molecule has 0 spiro atoms. The molecule has 0 atom stereocenters. The first-order valence-corrected chi connectivity index (χ1v) is 6.94. The highest BCUT2D eigenvalue weighted by molar-refractivity contribution is 7.89. The molecule has 1 amide bonds. The summed E-state index contributed by atoms with van der Waals surface area (Å²) >= 11 is 0. The fourth-order valence-corrected chi connectivity index (χ4v) is 2.14. The molecule has 0 saturated heterocycles. The second-order valence-electron chi connectivity index (χ2n) is 4.05. The maximum atomic E-state index is 13.6. The minimum atomic E-state index is -4.13. The molecule has 1 aromatic carbocycles. The second-order valence-corrected chi connectivity index (χ2v) is 5.58. The molecule has 1 heterocycles. The summed E-state index contributed by atoms with van der Waals surface area (Å²) in [5.74, 6) is -1.52. The third-order valence-electron chi connectivity index (χ3n) is 2.46. The van der Waals surface area contributed by atoms with Crippen LogP contribution in [0.1, 0.15) is 10.4 Å². The summed E-state index contributed by atoms with van der Waals surface area (Å²) in [6.07, 6.45) is 2.84. The fraction of sp³-hybridized carbons (Fsp3) is 0.0909. The summed E-state index contributed by atoms with van der Waals surface area (Å²) in [5.41, 5.74) is 0.409. The van der Waals surface area contributed by atoms with Crippen molar-refractivity contribution in [2.45, 2.75) is 4.90 Å². The molecule has 0 unspecified atom stereocenters. The van der Waals surface area contributed by atoms with Crippen molar-refractivity contribution in [1.29, 1.82) is 0 Å². The lowest BCUT2D eigenvalue weighted by atomic mass is 10.3. The molecular weight excluding hydrogens is 287 g/mol. The number of sulfonamides is 1. The van der Waals surface area contributed by atoms with Gasteiger partial charge in [-0.25, -0.2) is 17.9 Å². The summed E-state index contributed by atoms with van der Waals surface area (Å²) < 4.78 is 37.1. The van der Waals surface area contributed by atoms with Crippen molar-refractivity contribution in [2.24, 2.45) is 12.2 Å². The number of carbonyl (C=O) groups excluding carboxylic acids is 1. The Balaban J connectivity index is 2.23. The average Bonchev–Trinajstić information content (AvgIpc) is 2.74. The van der Waals surface area contributed by atoms with E-state index in [4.69, 9.17) is 5.14 Å². The topological polar surface area (TPSA) is 107 Å². The maximum absolute atomic E-state index is 13.6. The molecule has 3 N–H and O–H groups in total. The number of anilines is 1. The van der Waals surface area contributed by atoms with E-state index in [0.29, 0.717) is 5.56 Å². The summed E-state index contributed by atoms with van der Waals surface area (Å²) in [6, 6.07) is 3.12. The molecule has 0 aliphatic carbocycles. The molecule has 20 heavy (non-hydrogen) atoms. The van der Waals surface area contributed by atoms with Crippen LogP contribution in [0.3, 0.4) is 0 Å². The van der Waals surface area contributed by atoms with E-state index >= 15 is 0 Å². The zero-order chi connectivity index (χ0) is 14.9. The number of halogens is 1. The Morgan fingerprint density at radius 2 is 2.15 bits per heavy atom. The SMILES string of the molecule is Cn1cc(C(=O)Nc2ccc(S(N)(=O)=O)c(F)c2)cn1. The summed E-state index contributed by atoms with van der Waals surface area (Å²) in [4.78, 5) is 11.2. The summed E-state index contributed by atoms with van der Waals surface area (Å²) in [5, 5.41) is 11.1. The van der Waals surface area contributed by atoms with Gasteiger partial charge in [-0.05, 0) is 18.2 Å². The first-order valence-electron chi connectivity index (χ1n) is 5.40. The van der Waals surface area contributed by atoms with Gasteiger partial charge in [0.25, 0.3) is 5.91 Å². The molecule has 7 nitrogen and oxygen atoms in total. The van der Waals surface area contributed by atoms with Crippen molar-refractivity contribution in [3.05, 3.63) is 42.0 Å². The molecule has 106 valence electrons. The van der Waals surface area contributed by atoms with Gasteiger partial charge < -0.3 is 5.32 Å². The van der Waals surface area contributed by atoms with Crippen molar-refractivity contribution in [3.63, 3.8) is 0 Å². The normalized spacial score (nSPS) is 11.3. The van der Waals surface area contributed by atoms with Gasteiger partial charge in [-0.15, -0.1) is 0 Å². The fourth-order valence-electron chi connectivity index (χ4n) is 1.55. The van der Waals surface area contributed by atoms with Crippen LogP contribution in [-0.2, 0) is 17.1 Å². The van der Waals surface area contributed by atoms with Crippen molar-refractivity contribution in [2.75, 3.05) is 5.32 Å². The van der Waals surface area contributed by atoms with Crippen LogP contribution < -0.4 is 10.5 Å². The Labute approximate surface area is 114 Å². The highest BCUT2D eigenvalue weighted by Gasteiger charge is 2.15. The third-order valence-corrected chi connectivity index (χ3v) is 3.41. The second kappa shape index (κ2) is 5.02. The zero-order valence-corrected chi connectivity index (χ0v) is 11.2. The Morgan fingerprint density at radius 3 is 2.65 bits per heavy atom. The van der Waals surface area contributed by atoms with E-state index < -0.39 is 26.6 Å². The van der Waals surface area contributed by atoms with Crippen LogP contribution in [0.5, 0.6) is 0 Å². The number of nitrogens with one attached hydrogen (secondary N) is 1. The quantitative estimate of drug-likeness (QED) is 0.858. The van der Waals surface area contributed by atoms with Crippen LogP contribution in [0, 0.1) is 5.82 Å². The van der Waals surface area contributed by atoms with Crippen LogP contribution in [0.2, 0.25) is 0 Å². The number of carbonyl (C=O) groups is 1. The number of nitrogens with zero attached hydrogens (tertiary/aromatic N) is 2. The van der Waals surface area contributed by atoms with Crippen LogP contribution in [0.25, 0.3) is 0 Å². The zero-order valence-electron chi connectivity index (χ0n) is 10.4. The highest BCUT2D eigenvalue weighted by atomic mass is 32.2. The van der Waals surface area contributed by atoms with Gasteiger partial charge in [0.15, 0.2) is 0 Å². The van der Waals surface area contributed by atoms with Crippen LogP contribution in [0.4, 0.5) is 10.1 Å². The molecule has 0 radical (unpaired) electrons. The van der Waals surface area contributed by atoms with Crippen LogP contribution in [-0.4, -0.2) is 24.1 Å². The van der Waals surface area contributed by atoms with Gasteiger partial charge in [0.05, 0.1) is 11.8 Å². The highest BCUT2D eigenvalue weighted by Crippen LogP contribution is 2.18. The van der Waals surface area contributed by atoms with E-state index in [1.54, 1.807) is 7.05 Å². The van der Waals surface area contributed by atoms with E-state index in [0.717, 1.165) is 12.1 Å². The predicted molar refractivity (Wildman–Crippen MR) is 68.9 cm³/mol. The number of amides is 1. The van der Waals surface area contributed by atoms with Gasteiger partial charge in [0.1, 0.15) is 10.7 Å². The number of benzene rings is 1. The summed E-state index contributed by atoms with van der Waals surface area (Å²) in [7, 11) is -2.48. The van der Waals surface area contributed by atoms with Crippen LogP contribution in [0.15, 0.2) is 35.5 Å². The number of nitrogens with two attached hydrogens (primary N) is 1. The number of hydrogen-bond donors (Lipinski definition) is 2. The van der Waals surface area contributed by atoms with Gasteiger partial charge in [-0.2, -0.15) is 5.10 Å². The number of rotatable bonds is 3. The van der Waals surface area contributed by atoms with Crippen molar-refractivity contribution >= 4 is 21.6 Å². The predicted octanol–water partition coefficient (Wildman–Crippen LogP) is 0.459. The first-order chi connectivity index (χ1) is 9.27. The maximum Gasteiger partial charge on any atom is 0.258 e. The summed E-state index contributed by atoms with van der Waals surface area (Å²) in [6.45, 7) is 0. The standard InChI is InChI=1S/C11H11FN4O3S/c1-16-6-7(5-14-16)11(17)15-8-2-3-10(9(12)4-8)20(13,18)19/h2-6H,1H3,(H,15,17)(H2,13,18,19). The van der Waals surface area contributed by atoms with Gasteiger partial charge in [0.2, 0.25) is 10.0 Å². The largest absolute Gasteiger partial charge is 0.322 e. The molecule has 2 aromatic rings. The van der Waals surface area contributed by atoms with Crippen molar-refractivity contribution < 1.29 is 17.6 Å². The van der Waals surface area contributed by atoms with E-state index in [9.17, 15) is 17.6 Å². The van der Waals surface area contributed by atoms with Gasteiger partial charge in [0, 0.05) is 18.9 Å². The average molecular weight is 298 g/mol. The number of hydrogen-bond acceptors (Lipinski definition) is 4. The van der Waals surface area contributed by atoms with Crippen molar-refractivity contribution in [1.82, 2.24) is 9.78 Å². The molecule has 0 aliphatic rings. The van der Waals surface area contributed by atoms with E-state index in [1.807, 2.05) is 0 Å². The molecular formula is C11H11FN4O3S. The number of aryl methyl sites for hydroxylation is 1. The molecule has 0 fully saturated rings. The van der Waals surface area contributed by atoms with Gasteiger partial charge in [-0.1, -0.05) is 0 Å². The lowest BCUT2D eigenvalue weighted by Crippen LogP contribution is -2.15. The molecule has 0 saturated carbocycles. The molecule has 2 rings (SSSR count). The monoisotopic (exact) mass is 298 g/mol. The molecule has 0 aliphatic heterocycles. The van der Waals surface area contributed by atoms with Crippen LogP contribution >= 0.6 is 0 Å². The number of aromatic nitrogens is 2. The van der Waals surface area contributed by atoms with Gasteiger partial charge >= 0.3 is 0 Å². The van der Waals surface area contributed by atoms with E-state index in [1.165, 1.54) is 23.1 Å². The van der Waals surface area contributed by atoms with Crippen molar-refractivity contribution in [3.8, 4) is 0 Å². The Kier molecular flexibility index (Phi) is 3.55. The smallest absolute Gasteiger partial charge is 0.258 e. The minimum absolute atomic E-state index is 0.115. The van der Waals surface area contributed by atoms with E-state index in [-0.39, 0.29) is 5.69 Å². The lowest BCUT2D eigenvalue weighted by molar-refractivity contribution is 0.102. The number of primary sulfonamides is 1. The molecule has 9 heteroatoms. The third kappa shape index (κ3) is 3.00. The Bertz CT molecular complexity index is 770. The molecule has 1 aromatic heterocycles. The first kappa shape index (κ1) is 14.2. The van der Waals surface area contributed by atoms with E-state index in [2.05, 4.69) is 10.4 Å². The molecule has 0 bridgehead atoms. The Morgan fingerprint density at radius 1 is 1.45 bits per heavy atom. The minimum Gasteiger partial charge on any atom is -0.322 e. The Hall–Kier alpha value is -2.26.